The minimum Gasteiger partial charge on any atom is -0.447 e. The monoisotopic (exact) mass is 470 g/mol. The first-order valence-electron chi connectivity index (χ1n) is 10.4. The van der Waals surface area contributed by atoms with E-state index >= 15 is 0 Å². The topological polar surface area (TPSA) is 145 Å². The van der Waals surface area contributed by atoms with E-state index in [0.717, 1.165) is 10.4 Å². The molecule has 0 aliphatic carbocycles. The fourth-order valence-corrected chi connectivity index (χ4v) is 3.83. The maximum atomic E-state index is 12.9. The van der Waals surface area contributed by atoms with Gasteiger partial charge in [0.15, 0.2) is 0 Å². The number of ether oxygens (including phenoxy) is 3. The molecule has 0 spiro atoms. The van der Waals surface area contributed by atoms with Crippen LogP contribution in [0.15, 0.2) is 6.20 Å². The van der Waals surface area contributed by atoms with Crippen molar-refractivity contribution in [2.24, 2.45) is 5.92 Å². The number of ketones is 1. The van der Waals surface area contributed by atoms with Crippen molar-refractivity contribution in [2.45, 2.75) is 38.8 Å². The Hall–Kier alpha value is -2.57. The number of amides is 3. The number of nitrogens with zero attached hydrogens (tertiary/aromatic N) is 1. The Morgan fingerprint density at radius 1 is 1.25 bits per heavy atom. The van der Waals surface area contributed by atoms with Crippen LogP contribution in [0.5, 0.6) is 0 Å². The first kappa shape index (κ1) is 25.7. The van der Waals surface area contributed by atoms with Crippen LogP contribution in [0.1, 0.15) is 24.3 Å². The van der Waals surface area contributed by atoms with E-state index in [9.17, 15) is 19.2 Å². The van der Waals surface area contributed by atoms with Crippen LogP contribution in [0.25, 0.3) is 0 Å². The van der Waals surface area contributed by atoms with E-state index in [1.807, 2.05) is 0 Å². The molecular weight excluding hydrogens is 440 g/mol. The number of rotatable bonds is 10. The van der Waals surface area contributed by atoms with Crippen LogP contribution in [0.3, 0.4) is 0 Å². The highest BCUT2D eigenvalue weighted by atomic mass is 32.1. The average molecular weight is 471 g/mol. The van der Waals surface area contributed by atoms with Crippen LogP contribution in [0, 0.1) is 5.92 Å². The van der Waals surface area contributed by atoms with E-state index in [2.05, 4.69) is 20.3 Å². The second-order valence-electron chi connectivity index (χ2n) is 7.52. The number of carbonyl (C=O) groups excluding carboxylic acids is 4. The van der Waals surface area contributed by atoms with Crippen LogP contribution in [0.2, 0.25) is 0 Å². The van der Waals surface area contributed by atoms with E-state index < -0.39 is 35.8 Å². The fourth-order valence-electron chi connectivity index (χ4n) is 3.01. The molecule has 0 saturated carbocycles. The molecule has 178 valence electrons. The third-order valence-electron chi connectivity index (χ3n) is 4.77. The number of fused-ring (bicyclic) bond motifs is 1. The Morgan fingerprint density at radius 3 is 2.72 bits per heavy atom. The Labute approximate surface area is 190 Å². The van der Waals surface area contributed by atoms with Gasteiger partial charge >= 0.3 is 6.09 Å². The minimum absolute atomic E-state index is 0.0113. The second-order valence-corrected chi connectivity index (χ2v) is 8.40. The summed E-state index contributed by atoms with van der Waals surface area (Å²) in [6, 6.07) is -2.02. The molecule has 0 radical (unpaired) electrons. The minimum atomic E-state index is -1.06. The zero-order valence-electron chi connectivity index (χ0n) is 18.5. The highest BCUT2D eigenvalue weighted by molar-refractivity contribution is 7.05. The van der Waals surface area contributed by atoms with Crippen molar-refractivity contribution in [1.82, 2.24) is 20.3 Å². The molecular formula is C20H30N4O7S. The molecule has 1 aromatic heterocycles. The molecule has 32 heavy (non-hydrogen) atoms. The summed E-state index contributed by atoms with van der Waals surface area (Å²) in [5.41, 5.74) is 0.930. The van der Waals surface area contributed by atoms with Crippen molar-refractivity contribution in [1.29, 1.82) is 0 Å². The lowest BCUT2D eigenvalue weighted by molar-refractivity contribution is -0.140. The zero-order chi connectivity index (χ0) is 23.5. The molecule has 2 atom stereocenters. The molecule has 1 aromatic rings. The van der Waals surface area contributed by atoms with Gasteiger partial charge < -0.3 is 30.2 Å². The third-order valence-corrected chi connectivity index (χ3v) is 5.63. The predicted octanol–water partition coefficient (Wildman–Crippen LogP) is -0.174. The molecule has 2 unspecified atom stereocenters. The maximum Gasteiger partial charge on any atom is 0.407 e. The van der Waals surface area contributed by atoms with E-state index in [4.69, 9.17) is 14.2 Å². The van der Waals surface area contributed by atoms with Crippen molar-refractivity contribution in [2.75, 3.05) is 40.1 Å². The van der Waals surface area contributed by atoms with Gasteiger partial charge in [0.05, 0.1) is 19.8 Å². The lowest BCUT2D eigenvalue weighted by Crippen LogP contribution is -2.56. The number of methoxy groups -OCH3 is 1. The molecule has 0 aromatic carbocycles. The van der Waals surface area contributed by atoms with Gasteiger partial charge in [-0.25, -0.2) is 9.17 Å². The molecule has 3 amide bonds. The SMILES string of the molecule is COCCOCCOC(=O)NC(C(=O)NC1Cc2sncc2CCNC(=O)C1=O)C(C)C. The van der Waals surface area contributed by atoms with Gasteiger partial charge in [0, 0.05) is 31.1 Å². The summed E-state index contributed by atoms with van der Waals surface area (Å²) in [5.74, 6) is -2.36. The quantitative estimate of drug-likeness (QED) is 0.316. The number of Topliss-reactive ketones (excluding diaryl/α,β-unsaturated/α-hetero) is 1. The summed E-state index contributed by atoms with van der Waals surface area (Å²) in [5, 5.41) is 7.70. The summed E-state index contributed by atoms with van der Waals surface area (Å²) in [7, 11) is 1.55. The number of nitrogens with one attached hydrogen (secondary N) is 3. The van der Waals surface area contributed by atoms with Gasteiger partial charge in [0.1, 0.15) is 18.7 Å². The predicted molar refractivity (Wildman–Crippen MR) is 115 cm³/mol. The van der Waals surface area contributed by atoms with E-state index in [-0.39, 0.29) is 25.6 Å². The Morgan fingerprint density at radius 2 is 2.00 bits per heavy atom. The van der Waals surface area contributed by atoms with Gasteiger partial charge in [-0.1, -0.05) is 13.8 Å². The van der Waals surface area contributed by atoms with Crippen molar-refractivity contribution in [3.05, 3.63) is 16.6 Å². The molecule has 1 aliphatic heterocycles. The first-order chi connectivity index (χ1) is 15.3. The zero-order valence-corrected chi connectivity index (χ0v) is 19.3. The smallest absolute Gasteiger partial charge is 0.407 e. The first-order valence-corrected chi connectivity index (χ1v) is 11.2. The van der Waals surface area contributed by atoms with Gasteiger partial charge in [0.25, 0.3) is 5.91 Å². The molecule has 0 bridgehead atoms. The second kappa shape index (κ2) is 13.1. The largest absolute Gasteiger partial charge is 0.447 e. The Bertz CT molecular complexity index is 799. The van der Waals surface area contributed by atoms with Crippen LogP contribution in [-0.4, -0.2) is 80.2 Å². The number of hydrogen-bond acceptors (Lipinski definition) is 9. The van der Waals surface area contributed by atoms with Crippen LogP contribution in [0.4, 0.5) is 4.79 Å². The highest BCUT2D eigenvalue weighted by Crippen LogP contribution is 2.18. The van der Waals surface area contributed by atoms with Gasteiger partial charge in [-0.05, 0) is 29.4 Å². The van der Waals surface area contributed by atoms with Crippen LogP contribution in [-0.2, 0) is 41.4 Å². The number of carbonyl (C=O) groups is 4. The van der Waals surface area contributed by atoms with Gasteiger partial charge in [-0.15, -0.1) is 0 Å². The molecule has 0 fully saturated rings. The summed E-state index contributed by atoms with van der Waals surface area (Å²) in [6.45, 7) is 4.82. The van der Waals surface area contributed by atoms with Gasteiger partial charge in [-0.3, -0.25) is 14.4 Å². The van der Waals surface area contributed by atoms with E-state index in [1.54, 1.807) is 27.2 Å². The van der Waals surface area contributed by atoms with Crippen molar-refractivity contribution in [3.8, 4) is 0 Å². The van der Waals surface area contributed by atoms with Crippen LogP contribution >= 0.6 is 11.5 Å². The fraction of sp³-hybridized carbons (Fsp3) is 0.650. The molecule has 3 N–H and O–H groups in total. The van der Waals surface area contributed by atoms with E-state index in [1.165, 1.54) is 11.5 Å². The molecule has 1 aliphatic rings. The third kappa shape index (κ3) is 7.84. The highest BCUT2D eigenvalue weighted by Gasteiger charge is 2.33. The molecule has 2 rings (SSSR count). The van der Waals surface area contributed by atoms with Gasteiger partial charge in [-0.2, -0.15) is 0 Å². The Balaban J connectivity index is 1.97. The summed E-state index contributed by atoms with van der Waals surface area (Å²) in [6.07, 6.45) is 1.64. The lowest BCUT2D eigenvalue weighted by Gasteiger charge is -2.24. The van der Waals surface area contributed by atoms with Gasteiger partial charge in [0.2, 0.25) is 11.7 Å². The summed E-state index contributed by atoms with van der Waals surface area (Å²) in [4.78, 5) is 50.6. The average Bonchev–Trinajstić information content (AvgIpc) is 3.20. The Kier molecular flexibility index (Phi) is 10.5. The van der Waals surface area contributed by atoms with Crippen molar-refractivity contribution < 1.29 is 33.4 Å². The normalized spacial score (nSPS) is 17.4. The molecule has 0 saturated heterocycles. The van der Waals surface area contributed by atoms with Crippen LogP contribution < -0.4 is 16.0 Å². The summed E-state index contributed by atoms with van der Waals surface area (Å²) < 4.78 is 19.2. The van der Waals surface area contributed by atoms with Crippen molar-refractivity contribution in [3.63, 3.8) is 0 Å². The number of alkyl carbamates (subject to hydrolysis) is 1. The molecule has 12 heteroatoms. The molecule has 11 nitrogen and oxygen atoms in total. The maximum absolute atomic E-state index is 12.9. The standard InChI is InChI=1S/C20H30N4O7S/c1-12(2)16(24-20(28)31-9-8-30-7-6-29-3)18(26)23-14-10-15-13(11-22-32-15)4-5-21-19(27)17(14)25/h11-12,14,16H,4-10H2,1-3H3,(H,21,27)(H,23,26)(H,24,28). The lowest BCUT2D eigenvalue weighted by atomic mass is 10.0. The number of aromatic nitrogens is 1. The summed E-state index contributed by atoms with van der Waals surface area (Å²) >= 11 is 1.23. The van der Waals surface area contributed by atoms with Crippen molar-refractivity contribution >= 4 is 35.2 Å². The van der Waals surface area contributed by atoms with E-state index in [0.29, 0.717) is 26.2 Å². The number of hydrogen-bond donors (Lipinski definition) is 3. The molecule has 2 heterocycles.